The van der Waals surface area contributed by atoms with Gasteiger partial charge in [-0.15, -0.1) is 0 Å². The Bertz CT molecular complexity index is 871. The van der Waals surface area contributed by atoms with Crippen molar-refractivity contribution in [2.45, 2.75) is 32.4 Å². The summed E-state index contributed by atoms with van der Waals surface area (Å²) in [5.41, 5.74) is 1.94. The molecule has 0 saturated carbocycles. The summed E-state index contributed by atoms with van der Waals surface area (Å²) in [5, 5.41) is 4.65. The molecule has 0 radical (unpaired) electrons. The Kier molecular flexibility index (Phi) is 4.75. The zero-order chi connectivity index (χ0) is 17.9. The maximum absolute atomic E-state index is 5.38. The number of rotatable bonds is 5. The lowest BCUT2D eigenvalue weighted by Crippen LogP contribution is -2.42. The fourth-order valence-electron chi connectivity index (χ4n) is 3.46. The van der Waals surface area contributed by atoms with Gasteiger partial charge in [0, 0.05) is 30.6 Å². The lowest BCUT2D eigenvalue weighted by atomic mass is 10.1. The maximum Gasteiger partial charge on any atom is 0.226 e. The number of ether oxygens (including phenoxy) is 1. The van der Waals surface area contributed by atoms with Crippen molar-refractivity contribution >= 4 is 16.9 Å². The van der Waals surface area contributed by atoms with Crippen LogP contribution in [0.1, 0.15) is 24.3 Å². The first-order valence-corrected chi connectivity index (χ1v) is 9.06. The Morgan fingerprint density at radius 3 is 2.81 bits per heavy atom. The third-order valence-corrected chi connectivity index (χ3v) is 5.01. The van der Waals surface area contributed by atoms with Crippen molar-refractivity contribution in [1.29, 1.82) is 0 Å². The highest BCUT2D eigenvalue weighted by Gasteiger charge is 2.21. The van der Waals surface area contributed by atoms with E-state index < -0.39 is 0 Å². The summed E-state index contributed by atoms with van der Waals surface area (Å²) in [5.74, 6) is 2.62. The Balaban J connectivity index is 1.43. The number of hydrogen-bond acceptors (Lipinski definition) is 6. The highest BCUT2D eigenvalue weighted by Crippen LogP contribution is 2.25. The van der Waals surface area contributed by atoms with Crippen LogP contribution in [0, 0.1) is 6.92 Å². The Labute approximate surface area is 153 Å². The number of nitrogens with one attached hydrogen (secondary N) is 1. The van der Waals surface area contributed by atoms with Gasteiger partial charge < -0.3 is 19.4 Å². The van der Waals surface area contributed by atoms with E-state index in [9.17, 15) is 0 Å². The van der Waals surface area contributed by atoms with Crippen LogP contribution in [0.5, 0.6) is 5.75 Å². The number of hydrogen-bond donors (Lipinski definition) is 1. The van der Waals surface area contributed by atoms with Gasteiger partial charge in [0.1, 0.15) is 11.5 Å². The standard InChI is InChI=1S/C20H24N4O2/c1-14-18-6-5-16(25-2)12-19(18)23-20(22-14)24-9-7-15(8-10-24)21-13-17-4-3-11-26-17/h3-6,11-12,15,21H,7-10,13H2,1-2H3. The predicted octanol–water partition coefficient (Wildman–Crippen LogP) is 3.30. The summed E-state index contributed by atoms with van der Waals surface area (Å²) in [6.07, 6.45) is 3.85. The number of piperidine rings is 1. The lowest BCUT2D eigenvalue weighted by molar-refractivity contribution is 0.387. The van der Waals surface area contributed by atoms with Crippen LogP contribution in [0.3, 0.4) is 0 Å². The van der Waals surface area contributed by atoms with Crippen molar-refractivity contribution in [2.24, 2.45) is 0 Å². The van der Waals surface area contributed by atoms with Gasteiger partial charge in [0.05, 0.1) is 31.1 Å². The topological polar surface area (TPSA) is 63.4 Å². The molecule has 3 heterocycles. The molecule has 4 rings (SSSR count). The van der Waals surface area contributed by atoms with E-state index >= 15 is 0 Å². The summed E-state index contributed by atoms with van der Waals surface area (Å²) in [6.45, 7) is 4.72. The highest BCUT2D eigenvalue weighted by atomic mass is 16.5. The Morgan fingerprint density at radius 2 is 2.08 bits per heavy atom. The smallest absolute Gasteiger partial charge is 0.226 e. The van der Waals surface area contributed by atoms with Crippen LogP contribution in [0.4, 0.5) is 5.95 Å². The molecule has 26 heavy (non-hydrogen) atoms. The maximum atomic E-state index is 5.38. The van der Waals surface area contributed by atoms with Gasteiger partial charge in [-0.1, -0.05) is 0 Å². The average Bonchev–Trinajstić information content (AvgIpc) is 3.20. The molecule has 1 aliphatic heterocycles. The predicted molar refractivity (Wildman–Crippen MR) is 102 cm³/mol. The van der Waals surface area contributed by atoms with E-state index in [1.165, 1.54) is 0 Å². The van der Waals surface area contributed by atoms with Crippen LogP contribution >= 0.6 is 0 Å². The number of aryl methyl sites for hydroxylation is 1. The molecule has 6 heteroatoms. The number of furan rings is 1. The van der Waals surface area contributed by atoms with E-state index in [-0.39, 0.29) is 0 Å². The quantitative estimate of drug-likeness (QED) is 0.760. The molecule has 0 aliphatic carbocycles. The molecule has 0 amide bonds. The highest BCUT2D eigenvalue weighted by molar-refractivity contribution is 5.83. The van der Waals surface area contributed by atoms with Crippen LogP contribution in [-0.4, -0.2) is 36.2 Å². The summed E-state index contributed by atoms with van der Waals surface area (Å²) in [6, 6.07) is 10.4. The molecule has 0 atom stereocenters. The van der Waals surface area contributed by atoms with Crippen LogP contribution in [0.15, 0.2) is 41.0 Å². The van der Waals surface area contributed by atoms with Gasteiger partial charge in [0.2, 0.25) is 5.95 Å². The van der Waals surface area contributed by atoms with Crippen molar-refractivity contribution in [3.8, 4) is 5.75 Å². The zero-order valence-corrected chi connectivity index (χ0v) is 15.2. The number of methoxy groups -OCH3 is 1. The van der Waals surface area contributed by atoms with E-state index in [1.807, 2.05) is 37.3 Å². The second-order valence-corrected chi connectivity index (χ2v) is 6.71. The number of benzene rings is 1. The molecule has 1 saturated heterocycles. The number of fused-ring (bicyclic) bond motifs is 1. The second-order valence-electron chi connectivity index (χ2n) is 6.71. The first kappa shape index (κ1) is 16.8. The minimum atomic E-state index is 0.498. The Morgan fingerprint density at radius 1 is 1.23 bits per heavy atom. The molecular formula is C20H24N4O2. The van der Waals surface area contributed by atoms with Gasteiger partial charge in [-0.05, 0) is 44.0 Å². The molecule has 0 spiro atoms. The molecule has 1 fully saturated rings. The molecule has 6 nitrogen and oxygen atoms in total. The number of anilines is 1. The van der Waals surface area contributed by atoms with E-state index in [4.69, 9.17) is 19.1 Å². The third kappa shape index (κ3) is 3.51. The van der Waals surface area contributed by atoms with Crippen molar-refractivity contribution in [3.63, 3.8) is 0 Å². The first-order valence-electron chi connectivity index (χ1n) is 9.06. The summed E-state index contributed by atoms with van der Waals surface area (Å²) < 4.78 is 10.7. The van der Waals surface area contributed by atoms with Crippen molar-refractivity contribution < 1.29 is 9.15 Å². The zero-order valence-electron chi connectivity index (χ0n) is 15.2. The van der Waals surface area contributed by atoms with Crippen molar-refractivity contribution in [1.82, 2.24) is 15.3 Å². The van der Waals surface area contributed by atoms with Gasteiger partial charge in [0.15, 0.2) is 0 Å². The van der Waals surface area contributed by atoms with E-state index in [0.717, 1.165) is 66.5 Å². The van der Waals surface area contributed by atoms with E-state index in [1.54, 1.807) is 13.4 Å². The fraction of sp³-hybridized carbons (Fsp3) is 0.400. The summed E-state index contributed by atoms with van der Waals surface area (Å²) in [7, 11) is 1.68. The largest absolute Gasteiger partial charge is 0.497 e. The number of nitrogens with zero attached hydrogens (tertiary/aromatic N) is 3. The summed E-state index contributed by atoms with van der Waals surface area (Å²) in [4.78, 5) is 11.8. The normalized spacial score (nSPS) is 15.5. The van der Waals surface area contributed by atoms with Crippen LogP contribution in [0.2, 0.25) is 0 Å². The molecule has 0 bridgehead atoms. The van der Waals surface area contributed by atoms with Gasteiger partial charge in [-0.3, -0.25) is 0 Å². The molecule has 2 aromatic heterocycles. The van der Waals surface area contributed by atoms with Crippen LogP contribution < -0.4 is 15.0 Å². The molecular weight excluding hydrogens is 328 g/mol. The van der Waals surface area contributed by atoms with Crippen LogP contribution in [0.25, 0.3) is 10.9 Å². The summed E-state index contributed by atoms with van der Waals surface area (Å²) >= 11 is 0. The Hall–Kier alpha value is -2.60. The molecule has 1 N–H and O–H groups in total. The van der Waals surface area contributed by atoms with Gasteiger partial charge in [0.25, 0.3) is 0 Å². The monoisotopic (exact) mass is 352 g/mol. The average molecular weight is 352 g/mol. The van der Waals surface area contributed by atoms with E-state index in [0.29, 0.717) is 6.04 Å². The number of aromatic nitrogens is 2. The molecule has 1 aromatic carbocycles. The second kappa shape index (κ2) is 7.33. The SMILES string of the molecule is COc1ccc2c(C)nc(N3CCC(NCc4ccco4)CC3)nc2c1. The molecule has 136 valence electrons. The third-order valence-electron chi connectivity index (χ3n) is 5.01. The van der Waals surface area contributed by atoms with Crippen molar-refractivity contribution in [2.75, 3.05) is 25.1 Å². The van der Waals surface area contributed by atoms with E-state index in [2.05, 4.69) is 10.2 Å². The van der Waals surface area contributed by atoms with Gasteiger partial charge in [-0.25, -0.2) is 9.97 Å². The molecule has 3 aromatic rings. The minimum Gasteiger partial charge on any atom is -0.497 e. The molecule has 0 unspecified atom stereocenters. The molecule has 1 aliphatic rings. The minimum absolute atomic E-state index is 0.498. The van der Waals surface area contributed by atoms with Crippen LogP contribution in [-0.2, 0) is 6.54 Å². The first-order chi connectivity index (χ1) is 12.7. The fourth-order valence-corrected chi connectivity index (χ4v) is 3.46. The van der Waals surface area contributed by atoms with Gasteiger partial charge in [-0.2, -0.15) is 0 Å². The van der Waals surface area contributed by atoms with Gasteiger partial charge >= 0.3 is 0 Å². The van der Waals surface area contributed by atoms with Crippen molar-refractivity contribution in [3.05, 3.63) is 48.0 Å². The lowest BCUT2D eigenvalue weighted by Gasteiger charge is -2.32.